The Bertz CT molecular complexity index is 422. The molecular formula is C17H28CsNO3. The Morgan fingerprint density at radius 3 is 2.23 bits per heavy atom. The SMILES string of the molecule is CCC(C)c1ccccc1NC(=O)CC(C)C.O=CO.[CH3-].[Cs+]. The molecule has 0 spiro atoms. The Hall–Kier alpha value is 0.212. The van der Waals surface area contributed by atoms with E-state index in [1.54, 1.807) is 0 Å². The molecule has 0 saturated heterocycles. The maximum absolute atomic E-state index is 11.8. The van der Waals surface area contributed by atoms with E-state index in [4.69, 9.17) is 9.90 Å². The van der Waals surface area contributed by atoms with E-state index in [0.717, 1.165) is 12.1 Å². The first kappa shape index (κ1) is 27.1. The van der Waals surface area contributed by atoms with Crippen molar-refractivity contribution in [2.45, 2.75) is 46.5 Å². The molecule has 0 radical (unpaired) electrons. The van der Waals surface area contributed by atoms with Crippen LogP contribution in [-0.4, -0.2) is 17.5 Å². The van der Waals surface area contributed by atoms with Gasteiger partial charge in [0, 0.05) is 12.1 Å². The summed E-state index contributed by atoms with van der Waals surface area (Å²) < 4.78 is 0. The number of para-hydroxylation sites is 1. The van der Waals surface area contributed by atoms with E-state index in [-0.39, 0.29) is 88.7 Å². The molecule has 1 atom stereocenters. The number of carbonyl (C=O) groups excluding carboxylic acids is 1. The van der Waals surface area contributed by atoms with Crippen molar-refractivity contribution in [1.29, 1.82) is 0 Å². The van der Waals surface area contributed by atoms with Gasteiger partial charge in [0.15, 0.2) is 0 Å². The van der Waals surface area contributed by atoms with E-state index in [1.807, 2.05) is 18.2 Å². The van der Waals surface area contributed by atoms with Crippen LogP contribution in [0.4, 0.5) is 5.69 Å². The minimum atomic E-state index is -0.250. The van der Waals surface area contributed by atoms with Crippen molar-refractivity contribution >= 4 is 18.1 Å². The summed E-state index contributed by atoms with van der Waals surface area (Å²) in [5.41, 5.74) is 2.19. The summed E-state index contributed by atoms with van der Waals surface area (Å²) in [7, 11) is 0. The van der Waals surface area contributed by atoms with E-state index in [2.05, 4.69) is 39.1 Å². The second-order valence-corrected chi connectivity index (χ2v) is 5.15. The summed E-state index contributed by atoms with van der Waals surface area (Å²) in [6.45, 7) is 8.21. The average molecular weight is 427 g/mol. The van der Waals surface area contributed by atoms with Gasteiger partial charge in [0.1, 0.15) is 0 Å². The maximum atomic E-state index is 11.8. The molecule has 2 N–H and O–H groups in total. The predicted molar refractivity (Wildman–Crippen MR) is 88.3 cm³/mol. The van der Waals surface area contributed by atoms with Crippen LogP contribution in [0.5, 0.6) is 0 Å². The predicted octanol–water partition coefficient (Wildman–Crippen LogP) is 1.34. The minimum Gasteiger partial charge on any atom is -0.483 e. The second kappa shape index (κ2) is 16.1. The first-order chi connectivity index (χ1) is 9.46. The minimum absolute atomic E-state index is 0. The monoisotopic (exact) mass is 427 g/mol. The summed E-state index contributed by atoms with van der Waals surface area (Å²) >= 11 is 0. The summed E-state index contributed by atoms with van der Waals surface area (Å²) in [4.78, 5) is 20.1. The van der Waals surface area contributed by atoms with Crippen LogP contribution >= 0.6 is 0 Å². The molecule has 0 aliphatic carbocycles. The fourth-order valence-corrected chi connectivity index (χ4v) is 1.83. The van der Waals surface area contributed by atoms with Gasteiger partial charge in [-0.1, -0.05) is 45.9 Å². The van der Waals surface area contributed by atoms with Crippen molar-refractivity contribution in [2.24, 2.45) is 5.92 Å². The van der Waals surface area contributed by atoms with Crippen molar-refractivity contribution < 1.29 is 83.6 Å². The molecule has 1 unspecified atom stereocenters. The molecule has 1 aromatic rings. The van der Waals surface area contributed by atoms with Crippen molar-refractivity contribution in [3.8, 4) is 0 Å². The van der Waals surface area contributed by atoms with Crippen LogP contribution < -0.4 is 74.2 Å². The number of nitrogens with one attached hydrogen (secondary N) is 1. The Labute approximate surface area is 193 Å². The summed E-state index contributed by atoms with van der Waals surface area (Å²) in [6.07, 6.45) is 1.66. The van der Waals surface area contributed by atoms with Crippen molar-refractivity contribution in [2.75, 3.05) is 5.32 Å². The number of rotatable bonds is 5. The van der Waals surface area contributed by atoms with Crippen molar-refractivity contribution in [3.05, 3.63) is 37.3 Å². The number of hydrogen-bond donors (Lipinski definition) is 2. The molecule has 0 aliphatic rings. The van der Waals surface area contributed by atoms with Gasteiger partial charge < -0.3 is 17.8 Å². The molecule has 120 valence electrons. The molecule has 4 nitrogen and oxygen atoms in total. The first-order valence-corrected chi connectivity index (χ1v) is 6.92. The standard InChI is InChI=1S/C15H23NO.CH2O2.CH3.Cs/c1-5-12(4)13-8-6-7-9-14(13)16-15(17)10-11(2)3;2-1-3;;/h6-9,11-12H,5,10H2,1-4H3,(H,16,17);1H,(H,2,3);1H3;/q;;-1;+1. The van der Waals surface area contributed by atoms with Gasteiger partial charge in [-0.05, 0) is 29.9 Å². The zero-order valence-corrected chi connectivity index (χ0v) is 21.0. The second-order valence-electron chi connectivity index (χ2n) is 5.15. The largest absolute Gasteiger partial charge is 1.00 e. The van der Waals surface area contributed by atoms with E-state index in [1.165, 1.54) is 5.56 Å². The van der Waals surface area contributed by atoms with Crippen molar-refractivity contribution in [1.82, 2.24) is 0 Å². The maximum Gasteiger partial charge on any atom is 1.00 e. The number of carboxylic acid groups (broad SMARTS) is 1. The van der Waals surface area contributed by atoms with Gasteiger partial charge in [0.2, 0.25) is 5.91 Å². The topological polar surface area (TPSA) is 66.4 Å². The molecule has 0 heterocycles. The van der Waals surface area contributed by atoms with Crippen molar-refractivity contribution in [3.63, 3.8) is 0 Å². The van der Waals surface area contributed by atoms with Crippen LogP contribution in [-0.2, 0) is 9.59 Å². The molecule has 1 aromatic carbocycles. The number of hydrogen-bond acceptors (Lipinski definition) is 2. The third-order valence-electron chi connectivity index (χ3n) is 2.97. The zero-order valence-electron chi connectivity index (χ0n) is 14.7. The third kappa shape index (κ3) is 11.7. The molecular weight excluding hydrogens is 399 g/mol. The van der Waals surface area contributed by atoms with Crippen LogP contribution in [0.25, 0.3) is 0 Å². The van der Waals surface area contributed by atoms with Gasteiger partial charge >= 0.3 is 68.9 Å². The Morgan fingerprint density at radius 2 is 1.77 bits per heavy atom. The van der Waals surface area contributed by atoms with Gasteiger partial charge in [-0.25, -0.2) is 0 Å². The van der Waals surface area contributed by atoms with E-state index in [9.17, 15) is 4.79 Å². The third-order valence-corrected chi connectivity index (χ3v) is 2.97. The van der Waals surface area contributed by atoms with Gasteiger partial charge in [-0.15, -0.1) is 0 Å². The molecule has 1 amide bonds. The molecule has 0 fully saturated rings. The first-order valence-electron chi connectivity index (χ1n) is 6.92. The quantitative estimate of drug-likeness (QED) is 0.551. The molecule has 0 saturated carbocycles. The van der Waals surface area contributed by atoms with Gasteiger partial charge in [-0.3, -0.25) is 9.59 Å². The van der Waals surface area contributed by atoms with Gasteiger partial charge in [0.05, 0.1) is 0 Å². The van der Waals surface area contributed by atoms with Crippen LogP contribution in [0.15, 0.2) is 24.3 Å². The zero-order chi connectivity index (χ0) is 15.5. The molecule has 0 aromatic heterocycles. The van der Waals surface area contributed by atoms with Crippen LogP contribution in [0.2, 0.25) is 0 Å². The van der Waals surface area contributed by atoms with E-state index >= 15 is 0 Å². The van der Waals surface area contributed by atoms with Crippen LogP contribution in [0.1, 0.15) is 52.0 Å². The van der Waals surface area contributed by atoms with E-state index in [0.29, 0.717) is 18.3 Å². The Balaban J connectivity index is -0.000000666. The van der Waals surface area contributed by atoms with Crippen LogP contribution in [0, 0.1) is 13.3 Å². The smallest absolute Gasteiger partial charge is 0.483 e. The number of anilines is 1. The number of benzene rings is 1. The number of carbonyl (C=O) groups is 2. The molecule has 0 bridgehead atoms. The average Bonchev–Trinajstić information content (AvgIpc) is 2.38. The molecule has 22 heavy (non-hydrogen) atoms. The fraction of sp³-hybridized carbons (Fsp3) is 0.471. The fourth-order valence-electron chi connectivity index (χ4n) is 1.83. The Kier molecular flexibility index (Phi) is 19.8. The normalized spacial score (nSPS) is 10.2. The number of amides is 1. The van der Waals surface area contributed by atoms with Crippen LogP contribution in [0.3, 0.4) is 0 Å². The summed E-state index contributed by atoms with van der Waals surface area (Å²) in [5, 5.41) is 9.91. The summed E-state index contributed by atoms with van der Waals surface area (Å²) in [6, 6.07) is 8.08. The molecule has 0 aliphatic heterocycles. The Morgan fingerprint density at radius 1 is 1.27 bits per heavy atom. The summed E-state index contributed by atoms with van der Waals surface area (Å²) in [5.74, 6) is 0.979. The van der Waals surface area contributed by atoms with Gasteiger partial charge in [-0.2, -0.15) is 0 Å². The van der Waals surface area contributed by atoms with E-state index < -0.39 is 0 Å². The molecule has 5 heteroatoms. The van der Waals surface area contributed by atoms with Gasteiger partial charge in [0.25, 0.3) is 6.47 Å². The molecule has 1 rings (SSSR count).